The van der Waals surface area contributed by atoms with Gasteiger partial charge in [-0.25, -0.2) is 4.79 Å². The number of carbonyl (C=O) groups excluding carboxylic acids is 1. The molecule has 31 heavy (non-hydrogen) atoms. The Bertz CT molecular complexity index is 876. The Balaban J connectivity index is 0.000000478. The molecule has 0 aromatic heterocycles. The molecule has 4 rings (SSSR count). The van der Waals surface area contributed by atoms with Gasteiger partial charge >= 0.3 is 5.97 Å². The first kappa shape index (κ1) is 23.3. The Morgan fingerprint density at radius 3 is 2.48 bits per heavy atom. The summed E-state index contributed by atoms with van der Waals surface area (Å²) in [5.74, 6) is 1.37. The highest BCUT2D eigenvalue weighted by molar-refractivity contribution is 5.91. The second kappa shape index (κ2) is 11.3. The number of rotatable bonds is 5. The zero-order chi connectivity index (χ0) is 22.2. The van der Waals surface area contributed by atoms with Gasteiger partial charge in [0.1, 0.15) is 25.1 Å². The van der Waals surface area contributed by atoms with Gasteiger partial charge in [0.15, 0.2) is 6.61 Å². The highest BCUT2D eigenvalue weighted by atomic mass is 16.6. The van der Waals surface area contributed by atoms with E-state index >= 15 is 0 Å². The van der Waals surface area contributed by atoms with E-state index in [0.29, 0.717) is 11.8 Å². The molecule has 1 heterocycles. The number of allylic oxidation sites excluding steroid dienone is 1. The molecular weight excluding hydrogens is 388 g/mol. The van der Waals surface area contributed by atoms with Crippen LogP contribution in [0.5, 0.6) is 5.75 Å². The predicted octanol–water partition coefficient (Wildman–Crippen LogP) is 5.76. The fourth-order valence-electron chi connectivity index (χ4n) is 4.57. The molecule has 3 unspecified atom stereocenters. The number of aliphatic hydroxyl groups is 2. The molecule has 2 aromatic carbocycles. The van der Waals surface area contributed by atoms with Gasteiger partial charge in [-0.3, -0.25) is 0 Å². The molecule has 1 aliphatic carbocycles. The van der Waals surface area contributed by atoms with Crippen LogP contribution in [0.1, 0.15) is 51.5 Å². The lowest BCUT2D eigenvalue weighted by Gasteiger charge is -2.32. The SMILES string of the molecule is C1CC[OH+]C1.C=C1CC(C)CC(C(C)OC(=O)COc2ccc(C)c3ccccc23)C1. The fourth-order valence-corrected chi connectivity index (χ4v) is 4.57. The van der Waals surface area contributed by atoms with Gasteiger partial charge in [0.25, 0.3) is 0 Å². The van der Waals surface area contributed by atoms with Crippen molar-refractivity contribution in [3.05, 3.63) is 54.1 Å². The van der Waals surface area contributed by atoms with E-state index in [0.717, 1.165) is 49.0 Å². The molecular formula is C27H37O4+. The maximum absolute atomic E-state index is 12.3. The Labute approximate surface area is 186 Å². The van der Waals surface area contributed by atoms with Gasteiger partial charge in [-0.1, -0.05) is 49.4 Å². The average molecular weight is 426 g/mol. The van der Waals surface area contributed by atoms with Crippen molar-refractivity contribution < 1.29 is 19.0 Å². The summed E-state index contributed by atoms with van der Waals surface area (Å²) < 4.78 is 15.5. The Kier molecular flexibility index (Phi) is 8.53. The van der Waals surface area contributed by atoms with Crippen LogP contribution in [-0.4, -0.2) is 36.6 Å². The topological polar surface area (TPSA) is 48.3 Å². The van der Waals surface area contributed by atoms with Crippen molar-refractivity contribution in [2.24, 2.45) is 11.8 Å². The molecule has 0 bridgehead atoms. The maximum Gasteiger partial charge on any atom is 0.344 e. The van der Waals surface area contributed by atoms with Gasteiger partial charge in [-0.2, -0.15) is 0 Å². The van der Waals surface area contributed by atoms with Crippen molar-refractivity contribution >= 4 is 16.7 Å². The molecule has 168 valence electrons. The molecule has 1 N–H and O–H groups in total. The summed E-state index contributed by atoms with van der Waals surface area (Å²) >= 11 is 0. The lowest BCUT2D eigenvalue weighted by molar-refractivity contribution is -0.153. The van der Waals surface area contributed by atoms with E-state index in [9.17, 15) is 4.79 Å². The van der Waals surface area contributed by atoms with Gasteiger partial charge < -0.3 is 14.2 Å². The van der Waals surface area contributed by atoms with Crippen molar-refractivity contribution in [1.82, 2.24) is 0 Å². The van der Waals surface area contributed by atoms with Crippen LogP contribution in [0.4, 0.5) is 0 Å². The van der Waals surface area contributed by atoms with Crippen LogP contribution >= 0.6 is 0 Å². The van der Waals surface area contributed by atoms with E-state index in [1.54, 1.807) is 0 Å². The molecule has 2 fully saturated rings. The maximum atomic E-state index is 12.3. The second-order valence-corrected chi connectivity index (χ2v) is 9.05. The number of fused-ring (bicyclic) bond motifs is 1. The summed E-state index contributed by atoms with van der Waals surface area (Å²) in [5.41, 5.74) is 2.45. The standard InChI is InChI=1S/C23H28O3.C4H8O/c1-15-11-16(2)13-19(12-15)18(4)26-23(24)14-25-22-10-9-17(3)20-7-5-6-8-21(20)22;1-2-4-5-3-1/h5-10,16,18-19H,1,11-14H2,2-4H3;1-4H2/p+1. The minimum absolute atomic E-state index is 0.0688. The molecule has 0 spiro atoms. The molecule has 4 nitrogen and oxygen atoms in total. The predicted molar refractivity (Wildman–Crippen MR) is 127 cm³/mol. The largest absolute Gasteiger partial charge is 0.481 e. The van der Waals surface area contributed by atoms with Gasteiger partial charge in [0.2, 0.25) is 0 Å². The van der Waals surface area contributed by atoms with Gasteiger partial charge in [0, 0.05) is 18.2 Å². The Morgan fingerprint density at radius 1 is 1.13 bits per heavy atom. The smallest absolute Gasteiger partial charge is 0.344 e. The third-order valence-corrected chi connectivity index (χ3v) is 6.20. The summed E-state index contributed by atoms with van der Waals surface area (Å²) in [4.78, 5) is 12.3. The van der Waals surface area contributed by atoms with Crippen molar-refractivity contribution in [2.45, 2.75) is 59.0 Å². The number of ether oxygens (including phenoxy) is 3. The number of esters is 1. The third kappa shape index (κ3) is 6.83. The van der Waals surface area contributed by atoms with Gasteiger partial charge in [-0.05, 0) is 62.0 Å². The molecule has 0 radical (unpaired) electrons. The number of benzene rings is 2. The van der Waals surface area contributed by atoms with Crippen LogP contribution in [-0.2, 0) is 9.53 Å². The van der Waals surface area contributed by atoms with Crippen LogP contribution in [0.25, 0.3) is 10.8 Å². The minimum Gasteiger partial charge on any atom is -0.481 e. The van der Waals surface area contributed by atoms with Crippen LogP contribution in [0.15, 0.2) is 48.6 Å². The van der Waals surface area contributed by atoms with Crippen LogP contribution in [0, 0.1) is 18.8 Å². The summed E-state index contributed by atoms with van der Waals surface area (Å²) in [6.45, 7) is 12.6. The summed E-state index contributed by atoms with van der Waals surface area (Å²) in [7, 11) is 0. The summed E-state index contributed by atoms with van der Waals surface area (Å²) in [6, 6.07) is 12.0. The van der Waals surface area contributed by atoms with Gasteiger partial charge in [0.05, 0.1) is 0 Å². The van der Waals surface area contributed by atoms with E-state index < -0.39 is 0 Å². The molecule has 2 aromatic rings. The van der Waals surface area contributed by atoms with Crippen molar-refractivity contribution in [2.75, 3.05) is 19.8 Å². The van der Waals surface area contributed by atoms with E-state index in [1.165, 1.54) is 24.0 Å². The quantitative estimate of drug-likeness (QED) is 0.348. The Hall–Kier alpha value is -2.33. The second-order valence-electron chi connectivity index (χ2n) is 9.05. The van der Waals surface area contributed by atoms with Crippen LogP contribution in [0.3, 0.4) is 0 Å². The van der Waals surface area contributed by atoms with Crippen molar-refractivity contribution in [3.8, 4) is 5.75 Å². The summed E-state index contributed by atoms with van der Waals surface area (Å²) in [5, 5.41) is 2.16. The first-order chi connectivity index (χ1) is 14.9. The highest BCUT2D eigenvalue weighted by Crippen LogP contribution is 2.34. The highest BCUT2D eigenvalue weighted by Gasteiger charge is 2.28. The average Bonchev–Trinajstić information content (AvgIpc) is 3.33. The molecule has 1 aliphatic heterocycles. The van der Waals surface area contributed by atoms with E-state index in [1.807, 2.05) is 37.3 Å². The number of hydrogen-bond acceptors (Lipinski definition) is 3. The van der Waals surface area contributed by atoms with Gasteiger partial charge in [-0.15, -0.1) is 0 Å². The molecule has 0 amide bonds. The zero-order valence-electron chi connectivity index (χ0n) is 19.2. The van der Waals surface area contributed by atoms with E-state index in [-0.39, 0.29) is 18.7 Å². The summed E-state index contributed by atoms with van der Waals surface area (Å²) in [6.07, 6.45) is 5.67. The normalized spacial score (nSPS) is 21.8. The first-order valence-corrected chi connectivity index (χ1v) is 11.5. The Morgan fingerprint density at radius 2 is 1.84 bits per heavy atom. The van der Waals surface area contributed by atoms with E-state index in [2.05, 4.69) is 31.2 Å². The number of aryl methyl sites for hydroxylation is 1. The van der Waals surface area contributed by atoms with E-state index in [4.69, 9.17) is 9.47 Å². The zero-order valence-corrected chi connectivity index (χ0v) is 19.2. The minimum atomic E-state index is -0.314. The van der Waals surface area contributed by atoms with Crippen LogP contribution < -0.4 is 4.74 Å². The number of carbonyl (C=O) groups is 1. The lowest BCUT2D eigenvalue weighted by atomic mass is 9.78. The molecule has 3 atom stereocenters. The van der Waals surface area contributed by atoms with Crippen molar-refractivity contribution in [1.29, 1.82) is 0 Å². The lowest BCUT2D eigenvalue weighted by Crippen LogP contribution is -2.30. The fraction of sp³-hybridized carbons (Fsp3) is 0.519. The monoisotopic (exact) mass is 425 g/mol. The molecule has 1 saturated carbocycles. The first-order valence-electron chi connectivity index (χ1n) is 11.5. The number of hydrogen-bond donors (Lipinski definition) is 0. The third-order valence-electron chi connectivity index (χ3n) is 6.20. The van der Waals surface area contributed by atoms with Crippen molar-refractivity contribution in [3.63, 3.8) is 0 Å². The molecule has 1 saturated heterocycles. The molecule has 4 heteroatoms. The van der Waals surface area contributed by atoms with Crippen LogP contribution in [0.2, 0.25) is 0 Å². The molecule has 2 aliphatic rings.